The standard InChI is InChI=1S/C18H27N5O2.HI/c1-5-19-18(21-12-14-7-6-8-15(11-14)24-4)20-10-9-16-22-17(13(2)3)23-25-16;/h6-8,11,13H,5,9-10,12H2,1-4H3,(H2,19,20,21);1H. The van der Waals surface area contributed by atoms with Crippen molar-refractivity contribution in [2.45, 2.75) is 39.7 Å². The van der Waals surface area contributed by atoms with Gasteiger partial charge in [-0.05, 0) is 24.6 Å². The lowest BCUT2D eigenvalue weighted by molar-refractivity contribution is 0.371. The van der Waals surface area contributed by atoms with Gasteiger partial charge in [-0.1, -0.05) is 31.1 Å². The minimum atomic E-state index is 0. The summed E-state index contributed by atoms with van der Waals surface area (Å²) in [4.78, 5) is 8.97. The number of hydrogen-bond donors (Lipinski definition) is 2. The molecule has 2 N–H and O–H groups in total. The monoisotopic (exact) mass is 473 g/mol. The molecule has 2 aromatic rings. The van der Waals surface area contributed by atoms with E-state index in [1.807, 2.05) is 45.0 Å². The van der Waals surface area contributed by atoms with Gasteiger partial charge in [-0.15, -0.1) is 24.0 Å². The van der Waals surface area contributed by atoms with Crippen molar-refractivity contribution >= 4 is 29.9 Å². The Bertz CT molecular complexity index is 688. The van der Waals surface area contributed by atoms with Crippen LogP contribution in [0.25, 0.3) is 0 Å². The van der Waals surface area contributed by atoms with Crippen LogP contribution in [0.5, 0.6) is 5.75 Å². The van der Waals surface area contributed by atoms with Crippen LogP contribution in [0.4, 0.5) is 0 Å². The highest BCUT2D eigenvalue weighted by molar-refractivity contribution is 14.0. The van der Waals surface area contributed by atoms with Crippen molar-refractivity contribution in [1.82, 2.24) is 20.8 Å². The number of benzene rings is 1. The molecule has 0 spiro atoms. The van der Waals surface area contributed by atoms with Gasteiger partial charge in [0.1, 0.15) is 5.75 Å². The van der Waals surface area contributed by atoms with Gasteiger partial charge in [-0.2, -0.15) is 4.98 Å². The molecule has 0 atom stereocenters. The second kappa shape index (κ2) is 11.7. The molecule has 0 bridgehead atoms. The third-order valence-electron chi connectivity index (χ3n) is 3.53. The van der Waals surface area contributed by atoms with Crippen LogP contribution in [0.3, 0.4) is 0 Å². The molecule has 7 nitrogen and oxygen atoms in total. The molecule has 0 aliphatic heterocycles. The molecule has 8 heteroatoms. The van der Waals surface area contributed by atoms with Crippen LogP contribution in [0.15, 0.2) is 33.8 Å². The average Bonchev–Trinajstić information content (AvgIpc) is 3.09. The summed E-state index contributed by atoms with van der Waals surface area (Å²) in [5, 5.41) is 10.5. The van der Waals surface area contributed by atoms with E-state index in [2.05, 4.69) is 25.8 Å². The number of aromatic nitrogens is 2. The topological polar surface area (TPSA) is 84.6 Å². The fourth-order valence-electron chi connectivity index (χ4n) is 2.17. The number of methoxy groups -OCH3 is 1. The quantitative estimate of drug-likeness (QED) is 0.348. The molecule has 0 saturated heterocycles. The molecule has 0 aliphatic carbocycles. The SMILES string of the molecule is CCNC(=NCc1cccc(OC)c1)NCCc1nc(C(C)C)no1.I. The van der Waals surface area contributed by atoms with Crippen LogP contribution in [-0.4, -0.2) is 36.3 Å². The molecular weight excluding hydrogens is 445 g/mol. The van der Waals surface area contributed by atoms with E-state index in [0.29, 0.717) is 25.4 Å². The third-order valence-corrected chi connectivity index (χ3v) is 3.53. The number of hydrogen-bond acceptors (Lipinski definition) is 5. The summed E-state index contributed by atoms with van der Waals surface area (Å²) in [5.41, 5.74) is 1.09. The molecule has 26 heavy (non-hydrogen) atoms. The van der Waals surface area contributed by atoms with Crippen molar-refractivity contribution in [3.05, 3.63) is 41.5 Å². The number of guanidine groups is 1. The predicted molar refractivity (Wildman–Crippen MR) is 113 cm³/mol. The second-order valence-electron chi connectivity index (χ2n) is 5.92. The first-order valence-electron chi connectivity index (χ1n) is 8.60. The Morgan fingerprint density at radius 3 is 2.77 bits per heavy atom. The van der Waals surface area contributed by atoms with Crippen molar-refractivity contribution in [3.63, 3.8) is 0 Å². The van der Waals surface area contributed by atoms with Gasteiger partial charge in [-0.25, -0.2) is 4.99 Å². The number of halogens is 1. The minimum Gasteiger partial charge on any atom is -0.497 e. The molecule has 1 aromatic heterocycles. The lowest BCUT2D eigenvalue weighted by atomic mass is 10.2. The first kappa shape index (κ1) is 22.2. The van der Waals surface area contributed by atoms with E-state index in [1.165, 1.54) is 0 Å². The second-order valence-corrected chi connectivity index (χ2v) is 5.92. The maximum Gasteiger partial charge on any atom is 0.228 e. The maximum absolute atomic E-state index is 5.25. The zero-order valence-electron chi connectivity index (χ0n) is 15.8. The molecule has 1 aromatic carbocycles. The van der Waals surface area contributed by atoms with Crippen molar-refractivity contribution in [2.75, 3.05) is 20.2 Å². The van der Waals surface area contributed by atoms with Gasteiger partial charge < -0.3 is 19.9 Å². The van der Waals surface area contributed by atoms with Crippen LogP contribution >= 0.6 is 24.0 Å². The van der Waals surface area contributed by atoms with Gasteiger partial charge in [0.2, 0.25) is 5.89 Å². The summed E-state index contributed by atoms with van der Waals surface area (Å²) >= 11 is 0. The van der Waals surface area contributed by atoms with E-state index in [4.69, 9.17) is 9.26 Å². The molecule has 0 saturated carbocycles. The Morgan fingerprint density at radius 2 is 2.12 bits per heavy atom. The molecule has 1 heterocycles. The number of nitrogens with one attached hydrogen (secondary N) is 2. The molecule has 0 aliphatic rings. The molecule has 0 amide bonds. The van der Waals surface area contributed by atoms with Crippen LogP contribution in [-0.2, 0) is 13.0 Å². The zero-order valence-corrected chi connectivity index (χ0v) is 18.1. The lowest BCUT2D eigenvalue weighted by Crippen LogP contribution is -2.38. The van der Waals surface area contributed by atoms with Gasteiger partial charge in [0.15, 0.2) is 11.8 Å². The van der Waals surface area contributed by atoms with E-state index in [9.17, 15) is 0 Å². The zero-order chi connectivity index (χ0) is 18.1. The summed E-state index contributed by atoms with van der Waals surface area (Å²) in [6.45, 7) is 8.16. The van der Waals surface area contributed by atoms with E-state index in [-0.39, 0.29) is 29.9 Å². The average molecular weight is 473 g/mol. The fourth-order valence-corrected chi connectivity index (χ4v) is 2.17. The van der Waals surface area contributed by atoms with Crippen LogP contribution in [0, 0.1) is 0 Å². The summed E-state index contributed by atoms with van der Waals surface area (Å²) in [6, 6.07) is 7.90. The summed E-state index contributed by atoms with van der Waals surface area (Å²) in [7, 11) is 1.66. The summed E-state index contributed by atoms with van der Waals surface area (Å²) < 4.78 is 10.5. The van der Waals surface area contributed by atoms with E-state index >= 15 is 0 Å². The van der Waals surface area contributed by atoms with Crippen LogP contribution in [0.2, 0.25) is 0 Å². The van der Waals surface area contributed by atoms with Gasteiger partial charge in [-0.3, -0.25) is 0 Å². The Labute approximate surface area is 172 Å². The molecule has 0 unspecified atom stereocenters. The molecular formula is C18H28IN5O2. The highest BCUT2D eigenvalue weighted by Crippen LogP contribution is 2.13. The van der Waals surface area contributed by atoms with E-state index in [0.717, 1.165) is 29.6 Å². The maximum atomic E-state index is 5.25. The van der Waals surface area contributed by atoms with Crippen LogP contribution < -0.4 is 15.4 Å². The normalized spacial score (nSPS) is 11.2. The number of nitrogens with zero attached hydrogens (tertiary/aromatic N) is 3. The van der Waals surface area contributed by atoms with Gasteiger partial charge in [0.25, 0.3) is 0 Å². The van der Waals surface area contributed by atoms with Gasteiger partial charge in [0.05, 0.1) is 13.7 Å². The van der Waals surface area contributed by atoms with Crippen molar-refractivity contribution < 1.29 is 9.26 Å². The van der Waals surface area contributed by atoms with E-state index in [1.54, 1.807) is 7.11 Å². The third kappa shape index (κ3) is 7.19. The lowest BCUT2D eigenvalue weighted by Gasteiger charge is -2.10. The summed E-state index contributed by atoms with van der Waals surface area (Å²) in [5.74, 6) is 3.25. The van der Waals surface area contributed by atoms with Gasteiger partial charge >= 0.3 is 0 Å². The molecule has 0 fully saturated rings. The Morgan fingerprint density at radius 1 is 1.31 bits per heavy atom. The molecule has 144 valence electrons. The van der Waals surface area contributed by atoms with Gasteiger partial charge in [0, 0.05) is 25.4 Å². The minimum absolute atomic E-state index is 0. The highest BCUT2D eigenvalue weighted by Gasteiger charge is 2.09. The van der Waals surface area contributed by atoms with Crippen molar-refractivity contribution in [3.8, 4) is 5.75 Å². The smallest absolute Gasteiger partial charge is 0.228 e. The number of ether oxygens (including phenoxy) is 1. The number of rotatable bonds is 8. The van der Waals surface area contributed by atoms with Crippen molar-refractivity contribution in [2.24, 2.45) is 4.99 Å². The first-order chi connectivity index (χ1) is 12.1. The summed E-state index contributed by atoms with van der Waals surface area (Å²) in [6.07, 6.45) is 0.656. The largest absolute Gasteiger partial charge is 0.497 e. The predicted octanol–water partition coefficient (Wildman–Crippen LogP) is 3.12. The van der Waals surface area contributed by atoms with Crippen LogP contribution in [0.1, 0.15) is 44.0 Å². The Balaban J connectivity index is 0.00000338. The number of aliphatic imine (C=N–C) groups is 1. The molecule has 0 radical (unpaired) electrons. The first-order valence-corrected chi connectivity index (χ1v) is 8.60. The highest BCUT2D eigenvalue weighted by atomic mass is 127. The Kier molecular flexibility index (Phi) is 10.0. The molecule has 2 rings (SSSR count). The van der Waals surface area contributed by atoms with Crippen molar-refractivity contribution in [1.29, 1.82) is 0 Å². The fraction of sp³-hybridized carbons (Fsp3) is 0.500. The van der Waals surface area contributed by atoms with E-state index < -0.39 is 0 Å². The Hall–Kier alpha value is -1.84.